The van der Waals surface area contributed by atoms with Gasteiger partial charge < -0.3 is 19.7 Å². The van der Waals surface area contributed by atoms with Crippen molar-refractivity contribution in [1.29, 1.82) is 0 Å². The molecule has 1 aliphatic rings. The number of nitrogens with one attached hydrogen (secondary N) is 1. The van der Waals surface area contributed by atoms with E-state index in [1.54, 1.807) is 37.5 Å². The van der Waals surface area contributed by atoms with Crippen LogP contribution in [0.3, 0.4) is 0 Å². The van der Waals surface area contributed by atoms with Crippen molar-refractivity contribution in [3.8, 4) is 22.9 Å². The lowest BCUT2D eigenvalue weighted by molar-refractivity contribution is 0.0695. The Morgan fingerprint density at radius 3 is 2.62 bits per heavy atom. The second-order valence-corrected chi connectivity index (χ2v) is 8.15. The molecule has 2 aromatic heterocycles. The van der Waals surface area contributed by atoms with E-state index >= 15 is 0 Å². The summed E-state index contributed by atoms with van der Waals surface area (Å²) in [4.78, 5) is 30.1. The van der Waals surface area contributed by atoms with Crippen molar-refractivity contribution in [3.63, 3.8) is 0 Å². The highest BCUT2D eigenvalue weighted by Gasteiger charge is 2.16. The Hall–Kier alpha value is -3.65. The average Bonchev–Trinajstić information content (AvgIpc) is 3.44. The minimum Gasteiger partial charge on any atom is -0.478 e. The van der Waals surface area contributed by atoms with Crippen LogP contribution >= 0.6 is 11.6 Å². The van der Waals surface area contributed by atoms with Crippen LogP contribution < -0.4 is 9.64 Å². The fourth-order valence-electron chi connectivity index (χ4n) is 3.82. The molecule has 4 aromatic rings. The number of hydrogen-bond donors (Lipinski definition) is 2. The third-order valence-corrected chi connectivity index (χ3v) is 5.85. The number of aryl methyl sites for hydroxylation is 1. The first-order valence-corrected chi connectivity index (χ1v) is 10.6. The minimum absolute atomic E-state index is 0.182. The normalized spacial score (nSPS) is 13.6. The molecule has 3 heterocycles. The number of ether oxygens (including phenoxy) is 1. The molecule has 1 fully saturated rings. The maximum Gasteiger partial charge on any atom is 0.336 e. The number of hydrogen-bond acceptors (Lipinski definition) is 6. The molecule has 5 rings (SSSR count). The van der Waals surface area contributed by atoms with Crippen molar-refractivity contribution < 1.29 is 14.6 Å². The summed E-state index contributed by atoms with van der Waals surface area (Å²) >= 11 is 6.53. The quantitative estimate of drug-likeness (QED) is 0.438. The highest BCUT2D eigenvalue weighted by Crippen LogP contribution is 2.33. The molecule has 0 aliphatic carbocycles. The molecular formula is C23H20ClN5O3. The van der Waals surface area contributed by atoms with Gasteiger partial charge in [0.1, 0.15) is 5.75 Å². The van der Waals surface area contributed by atoms with Gasteiger partial charge in [-0.2, -0.15) is 4.98 Å². The number of carboxylic acids is 1. The standard InChI is InChI=1S/C23H20ClN5O3/c1-13-4-5-15(8-16(13)21(30)31)32-23-27-19-9-17(18(24)10-20(19)28-23)14-11-25-22(26-12-14)29-6-2-3-7-29/h4-5,8-12H,2-3,6-7H2,1H3,(H,27,28)(H,30,31). The van der Waals surface area contributed by atoms with E-state index in [-0.39, 0.29) is 11.6 Å². The van der Waals surface area contributed by atoms with Crippen molar-refractivity contribution in [2.45, 2.75) is 19.8 Å². The van der Waals surface area contributed by atoms with Gasteiger partial charge in [-0.05, 0) is 49.6 Å². The fraction of sp³-hybridized carbons (Fsp3) is 0.217. The number of benzene rings is 2. The number of anilines is 1. The first-order chi connectivity index (χ1) is 15.5. The Balaban J connectivity index is 1.43. The summed E-state index contributed by atoms with van der Waals surface area (Å²) < 4.78 is 5.76. The number of imidazole rings is 1. The number of rotatable bonds is 5. The molecule has 32 heavy (non-hydrogen) atoms. The van der Waals surface area contributed by atoms with Crippen LogP contribution in [0.4, 0.5) is 5.95 Å². The van der Waals surface area contributed by atoms with Crippen LogP contribution in [0.15, 0.2) is 42.7 Å². The predicted molar refractivity (Wildman–Crippen MR) is 122 cm³/mol. The van der Waals surface area contributed by atoms with Gasteiger partial charge in [0.2, 0.25) is 5.95 Å². The van der Waals surface area contributed by atoms with Crippen molar-refractivity contribution in [2.24, 2.45) is 0 Å². The van der Waals surface area contributed by atoms with Crippen molar-refractivity contribution in [1.82, 2.24) is 19.9 Å². The molecule has 0 unspecified atom stereocenters. The molecule has 0 saturated carbocycles. The van der Waals surface area contributed by atoms with Crippen LogP contribution in [0.25, 0.3) is 22.2 Å². The second-order valence-electron chi connectivity index (χ2n) is 7.74. The maximum absolute atomic E-state index is 11.4. The Morgan fingerprint density at radius 1 is 1.16 bits per heavy atom. The first kappa shape index (κ1) is 20.3. The highest BCUT2D eigenvalue weighted by atomic mass is 35.5. The number of H-pyrrole nitrogens is 1. The Kier molecular flexibility index (Phi) is 5.14. The van der Waals surface area contributed by atoms with Crippen LogP contribution in [-0.2, 0) is 0 Å². The van der Waals surface area contributed by atoms with E-state index in [0.717, 1.165) is 43.0 Å². The largest absolute Gasteiger partial charge is 0.478 e. The number of aromatic nitrogens is 4. The number of aromatic amines is 1. The number of nitrogens with zero attached hydrogens (tertiary/aromatic N) is 4. The van der Waals surface area contributed by atoms with Crippen LogP contribution in [0.5, 0.6) is 11.8 Å². The molecule has 0 amide bonds. The third kappa shape index (κ3) is 3.85. The van der Waals surface area contributed by atoms with Gasteiger partial charge in [0.15, 0.2) is 0 Å². The van der Waals surface area contributed by atoms with Crippen molar-refractivity contribution in [2.75, 3.05) is 18.0 Å². The van der Waals surface area contributed by atoms with Gasteiger partial charge in [-0.15, -0.1) is 0 Å². The molecule has 0 radical (unpaired) electrons. The number of halogens is 1. The Bertz CT molecular complexity index is 1310. The molecule has 0 atom stereocenters. The summed E-state index contributed by atoms with van der Waals surface area (Å²) in [6.07, 6.45) is 5.88. The molecule has 1 aliphatic heterocycles. The molecule has 0 bridgehead atoms. The van der Waals surface area contributed by atoms with E-state index in [2.05, 4.69) is 24.8 Å². The lowest BCUT2D eigenvalue weighted by Gasteiger charge is -2.14. The summed E-state index contributed by atoms with van der Waals surface area (Å²) in [5, 5.41) is 9.85. The van der Waals surface area contributed by atoms with E-state index in [1.165, 1.54) is 6.07 Å². The molecule has 2 aromatic carbocycles. The number of carboxylic acid groups (broad SMARTS) is 1. The Labute approximate surface area is 188 Å². The van der Waals surface area contributed by atoms with Crippen LogP contribution in [-0.4, -0.2) is 44.1 Å². The maximum atomic E-state index is 11.4. The zero-order chi connectivity index (χ0) is 22.2. The topological polar surface area (TPSA) is 104 Å². The first-order valence-electron chi connectivity index (χ1n) is 10.3. The predicted octanol–water partition coefficient (Wildman–Crippen LogP) is 5.07. The minimum atomic E-state index is -1.01. The van der Waals surface area contributed by atoms with E-state index in [0.29, 0.717) is 27.4 Å². The lowest BCUT2D eigenvalue weighted by Crippen LogP contribution is -2.20. The van der Waals surface area contributed by atoms with Gasteiger partial charge in [0, 0.05) is 36.6 Å². The molecule has 0 spiro atoms. The summed E-state index contributed by atoms with van der Waals surface area (Å²) in [7, 11) is 0. The molecule has 8 nitrogen and oxygen atoms in total. The average molecular weight is 450 g/mol. The van der Waals surface area contributed by atoms with Gasteiger partial charge in [0.05, 0.1) is 21.6 Å². The van der Waals surface area contributed by atoms with Crippen molar-refractivity contribution in [3.05, 3.63) is 58.9 Å². The summed E-state index contributed by atoms with van der Waals surface area (Å²) in [6, 6.07) is 8.75. The van der Waals surface area contributed by atoms with Gasteiger partial charge in [0.25, 0.3) is 6.01 Å². The zero-order valence-corrected chi connectivity index (χ0v) is 18.1. The van der Waals surface area contributed by atoms with Crippen LogP contribution in [0.1, 0.15) is 28.8 Å². The van der Waals surface area contributed by atoms with E-state index in [4.69, 9.17) is 16.3 Å². The summed E-state index contributed by atoms with van der Waals surface area (Å²) in [5.41, 5.74) is 3.77. The fourth-order valence-corrected chi connectivity index (χ4v) is 4.10. The lowest BCUT2D eigenvalue weighted by atomic mass is 10.1. The zero-order valence-electron chi connectivity index (χ0n) is 17.3. The summed E-state index contributed by atoms with van der Waals surface area (Å²) in [5.74, 6) is 0.106. The van der Waals surface area contributed by atoms with E-state index in [9.17, 15) is 9.90 Å². The van der Waals surface area contributed by atoms with Gasteiger partial charge in [-0.1, -0.05) is 17.7 Å². The molecule has 1 saturated heterocycles. The number of carbonyl (C=O) groups is 1. The van der Waals surface area contributed by atoms with Crippen LogP contribution in [0, 0.1) is 6.92 Å². The van der Waals surface area contributed by atoms with Gasteiger partial charge in [-0.3, -0.25) is 0 Å². The SMILES string of the molecule is Cc1ccc(Oc2nc3cc(-c4cnc(N5CCCC5)nc4)c(Cl)cc3[nH]2)cc1C(=O)O. The van der Waals surface area contributed by atoms with E-state index < -0.39 is 5.97 Å². The van der Waals surface area contributed by atoms with Crippen molar-refractivity contribution >= 4 is 34.6 Å². The molecular weight excluding hydrogens is 430 g/mol. The molecule has 9 heteroatoms. The van der Waals surface area contributed by atoms with E-state index in [1.807, 2.05) is 6.07 Å². The number of fused-ring (bicyclic) bond motifs is 1. The highest BCUT2D eigenvalue weighted by molar-refractivity contribution is 6.34. The Morgan fingerprint density at radius 2 is 1.91 bits per heavy atom. The van der Waals surface area contributed by atoms with Gasteiger partial charge in [-0.25, -0.2) is 14.8 Å². The van der Waals surface area contributed by atoms with Gasteiger partial charge >= 0.3 is 5.97 Å². The molecule has 162 valence electrons. The summed E-state index contributed by atoms with van der Waals surface area (Å²) in [6.45, 7) is 3.70. The molecule has 2 N–H and O–H groups in total. The smallest absolute Gasteiger partial charge is 0.336 e. The van der Waals surface area contributed by atoms with Crippen LogP contribution in [0.2, 0.25) is 5.02 Å². The number of aromatic carboxylic acids is 1. The third-order valence-electron chi connectivity index (χ3n) is 5.54. The second kappa shape index (κ2) is 8.12. The monoisotopic (exact) mass is 449 g/mol.